The zero-order valence-electron chi connectivity index (χ0n) is 9.64. The maximum absolute atomic E-state index is 11.4. The molecule has 0 aliphatic rings. The maximum atomic E-state index is 11.4. The van der Waals surface area contributed by atoms with E-state index < -0.39 is 9.05 Å². The largest absolute Gasteiger partial charge is 0.302 e. The Morgan fingerprint density at radius 1 is 1.29 bits per heavy atom. The molecule has 2 aromatic rings. The Balaban J connectivity index is 2.82. The normalized spacial score (nSPS) is 12.2. The van der Waals surface area contributed by atoms with Crippen LogP contribution in [0, 0.1) is 0 Å². The van der Waals surface area contributed by atoms with Crippen molar-refractivity contribution in [3.05, 3.63) is 29.7 Å². The average molecular weight is 273 g/mol. The molecular weight excluding hydrogens is 260 g/mol. The Hall–Kier alpha value is -1.07. The lowest BCUT2D eigenvalue weighted by Gasteiger charge is -2.01. The number of aryl methyl sites for hydroxylation is 2. The first-order chi connectivity index (χ1) is 7.97. The average Bonchev–Trinajstić information content (AvgIpc) is 2.66. The first kappa shape index (κ1) is 12.4. The molecule has 2 heterocycles. The molecule has 0 amide bonds. The molecule has 0 unspecified atom stereocenters. The van der Waals surface area contributed by atoms with E-state index in [2.05, 4.69) is 4.98 Å². The summed E-state index contributed by atoms with van der Waals surface area (Å²) in [4.78, 5) is 4.10. The van der Waals surface area contributed by atoms with Crippen molar-refractivity contribution in [3.63, 3.8) is 0 Å². The Kier molecular flexibility index (Phi) is 3.14. The summed E-state index contributed by atoms with van der Waals surface area (Å²) in [6.45, 7) is 3.97. The number of imidazole rings is 1. The molecule has 6 heteroatoms. The molecule has 0 fully saturated rings. The van der Waals surface area contributed by atoms with Gasteiger partial charge in [0.25, 0.3) is 9.05 Å². The van der Waals surface area contributed by atoms with Crippen LogP contribution in [0.5, 0.6) is 0 Å². The molecule has 0 bridgehead atoms. The number of halogens is 1. The zero-order valence-corrected chi connectivity index (χ0v) is 11.2. The van der Waals surface area contributed by atoms with Crippen molar-refractivity contribution in [1.29, 1.82) is 0 Å². The molecular formula is C11H13ClN2O2S. The fourth-order valence-electron chi connectivity index (χ4n) is 1.80. The summed E-state index contributed by atoms with van der Waals surface area (Å²) in [5.41, 5.74) is 1.66. The van der Waals surface area contributed by atoms with Gasteiger partial charge < -0.3 is 4.40 Å². The Morgan fingerprint density at radius 2 is 2.00 bits per heavy atom. The highest BCUT2D eigenvalue weighted by Crippen LogP contribution is 2.22. The van der Waals surface area contributed by atoms with E-state index in [-0.39, 0.29) is 5.03 Å². The van der Waals surface area contributed by atoms with Gasteiger partial charge >= 0.3 is 0 Å². The number of fused-ring (bicyclic) bond motifs is 1. The second-order valence-electron chi connectivity index (χ2n) is 3.77. The van der Waals surface area contributed by atoms with E-state index >= 15 is 0 Å². The van der Waals surface area contributed by atoms with Gasteiger partial charge in [-0.3, -0.25) is 0 Å². The van der Waals surface area contributed by atoms with Crippen molar-refractivity contribution < 1.29 is 8.42 Å². The standard InChI is InChI=1S/C11H13ClN2O2S/c1-3-8-5-6-9-11(17(12,15)16)13-10(4-2)14(9)7-8/h5-7H,3-4H2,1-2H3. The van der Waals surface area contributed by atoms with Gasteiger partial charge in [0.1, 0.15) is 5.82 Å². The molecule has 0 spiro atoms. The molecule has 4 nitrogen and oxygen atoms in total. The summed E-state index contributed by atoms with van der Waals surface area (Å²) in [6.07, 6.45) is 3.45. The van der Waals surface area contributed by atoms with Gasteiger partial charge in [-0.05, 0) is 18.1 Å². The first-order valence-corrected chi connectivity index (χ1v) is 7.72. The minimum atomic E-state index is -3.80. The molecule has 0 aliphatic heterocycles. The highest BCUT2D eigenvalue weighted by atomic mass is 35.7. The van der Waals surface area contributed by atoms with Gasteiger partial charge in [0, 0.05) is 23.3 Å². The summed E-state index contributed by atoms with van der Waals surface area (Å²) in [6, 6.07) is 3.64. The van der Waals surface area contributed by atoms with Gasteiger partial charge in [-0.15, -0.1) is 0 Å². The highest BCUT2D eigenvalue weighted by Gasteiger charge is 2.20. The van der Waals surface area contributed by atoms with E-state index in [1.165, 1.54) is 0 Å². The van der Waals surface area contributed by atoms with Crippen molar-refractivity contribution in [2.75, 3.05) is 0 Å². The van der Waals surface area contributed by atoms with Crippen molar-refractivity contribution in [1.82, 2.24) is 9.38 Å². The molecule has 2 rings (SSSR count). The molecule has 0 saturated carbocycles. The third-order valence-corrected chi connectivity index (χ3v) is 3.89. The van der Waals surface area contributed by atoms with Crippen LogP contribution in [0.4, 0.5) is 0 Å². The van der Waals surface area contributed by atoms with Gasteiger partial charge in [0.15, 0.2) is 5.03 Å². The van der Waals surface area contributed by atoms with E-state index in [4.69, 9.17) is 10.7 Å². The Morgan fingerprint density at radius 3 is 2.53 bits per heavy atom. The Bertz CT molecular complexity index is 661. The number of nitrogens with zero attached hydrogens (tertiary/aromatic N) is 2. The minimum Gasteiger partial charge on any atom is -0.302 e. The molecule has 92 valence electrons. The van der Waals surface area contributed by atoms with Gasteiger partial charge in [0.05, 0.1) is 5.52 Å². The van der Waals surface area contributed by atoms with Crippen molar-refractivity contribution in [2.45, 2.75) is 31.7 Å². The lowest BCUT2D eigenvalue weighted by Crippen LogP contribution is -1.94. The van der Waals surface area contributed by atoms with E-state index in [0.29, 0.717) is 17.8 Å². The monoisotopic (exact) mass is 272 g/mol. The van der Waals surface area contributed by atoms with E-state index in [1.54, 1.807) is 10.5 Å². The van der Waals surface area contributed by atoms with Crippen molar-refractivity contribution >= 4 is 25.2 Å². The topological polar surface area (TPSA) is 51.4 Å². The number of hydrogen-bond acceptors (Lipinski definition) is 3. The van der Waals surface area contributed by atoms with Crippen molar-refractivity contribution in [2.24, 2.45) is 0 Å². The van der Waals surface area contributed by atoms with Crippen LogP contribution in [0.3, 0.4) is 0 Å². The minimum absolute atomic E-state index is 0.0568. The molecule has 0 N–H and O–H groups in total. The van der Waals surface area contributed by atoms with Crippen LogP contribution in [0.2, 0.25) is 0 Å². The number of hydrogen-bond donors (Lipinski definition) is 0. The van der Waals surface area contributed by atoms with Crippen LogP contribution in [-0.2, 0) is 21.9 Å². The predicted octanol–water partition coefficient (Wildman–Crippen LogP) is 2.39. The molecule has 2 aromatic heterocycles. The number of rotatable bonds is 3. The second kappa shape index (κ2) is 4.31. The molecule has 0 aliphatic carbocycles. The lowest BCUT2D eigenvalue weighted by atomic mass is 10.2. The van der Waals surface area contributed by atoms with Crippen LogP contribution in [0.25, 0.3) is 5.52 Å². The van der Waals surface area contributed by atoms with E-state index in [9.17, 15) is 8.42 Å². The number of pyridine rings is 1. The Labute approximate surface area is 105 Å². The third-order valence-electron chi connectivity index (χ3n) is 2.69. The van der Waals surface area contributed by atoms with E-state index in [0.717, 1.165) is 12.0 Å². The van der Waals surface area contributed by atoms with Crippen LogP contribution >= 0.6 is 10.7 Å². The van der Waals surface area contributed by atoms with Crippen LogP contribution < -0.4 is 0 Å². The fourth-order valence-corrected chi connectivity index (χ4v) is 2.77. The van der Waals surface area contributed by atoms with Crippen LogP contribution in [-0.4, -0.2) is 17.8 Å². The van der Waals surface area contributed by atoms with Crippen molar-refractivity contribution in [3.8, 4) is 0 Å². The van der Waals surface area contributed by atoms with Gasteiger partial charge in [-0.2, -0.15) is 0 Å². The SMILES string of the molecule is CCc1ccc2c(S(=O)(=O)Cl)nc(CC)n2c1. The lowest BCUT2D eigenvalue weighted by molar-refractivity contribution is 0.607. The van der Waals surface area contributed by atoms with Gasteiger partial charge in [-0.1, -0.05) is 19.9 Å². The second-order valence-corrected chi connectivity index (χ2v) is 6.25. The molecule has 17 heavy (non-hydrogen) atoms. The molecule has 0 aromatic carbocycles. The summed E-state index contributed by atoms with van der Waals surface area (Å²) in [7, 11) is 1.58. The number of aromatic nitrogens is 2. The summed E-state index contributed by atoms with van der Waals surface area (Å²) < 4.78 is 24.6. The molecule has 0 radical (unpaired) electrons. The van der Waals surface area contributed by atoms with Crippen LogP contribution in [0.15, 0.2) is 23.4 Å². The summed E-state index contributed by atoms with van der Waals surface area (Å²) in [5, 5.41) is -0.0568. The fraction of sp³-hybridized carbons (Fsp3) is 0.364. The smallest absolute Gasteiger partial charge is 0.280 e. The predicted molar refractivity (Wildman–Crippen MR) is 67.0 cm³/mol. The van der Waals surface area contributed by atoms with Gasteiger partial charge in [0.2, 0.25) is 0 Å². The molecule has 0 atom stereocenters. The van der Waals surface area contributed by atoms with E-state index in [1.807, 2.05) is 26.1 Å². The summed E-state index contributed by atoms with van der Waals surface area (Å²) >= 11 is 0. The highest BCUT2D eigenvalue weighted by molar-refractivity contribution is 8.13. The summed E-state index contributed by atoms with van der Waals surface area (Å²) in [5.74, 6) is 0.703. The third kappa shape index (κ3) is 2.17. The molecule has 0 saturated heterocycles. The van der Waals surface area contributed by atoms with Gasteiger partial charge in [-0.25, -0.2) is 13.4 Å². The first-order valence-electron chi connectivity index (χ1n) is 5.42. The zero-order chi connectivity index (χ0) is 12.6. The van der Waals surface area contributed by atoms with Crippen LogP contribution in [0.1, 0.15) is 25.2 Å². The maximum Gasteiger partial charge on any atom is 0.280 e. The quantitative estimate of drug-likeness (QED) is 0.806.